The molecule has 1 aliphatic heterocycles. The molecule has 2 amide bonds. The van der Waals surface area contributed by atoms with Crippen molar-refractivity contribution >= 4 is 23.4 Å². The summed E-state index contributed by atoms with van der Waals surface area (Å²) < 4.78 is 45.4. The van der Waals surface area contributed by atoms with Crippen LogP contribution in [0.15, 0.2) is 0 Å². The Labute approximate surface area is 178 Å². The van der Waals surface area contributed by atoms with Gasteiger partial charge in [-0.2, -0.15) is 13.8 Å². The molecule has 5 atom stereocenters. The SMILES string of the molecule is CC1CC(C(=O)NC23CC(NC(=O)COC4CCC(Cl)C(F)C4)(C2)C3)N(C(F)F)N1. The van der Waals surface area contributed by atoms with E-state index in [1.807, 2.05) is 0 Å². The molecule has 3 N–H and O–H groups in total. The van der Waals surface area contributed by atoms with Gasteiger partial charge >= 0.3 is 6.55 Å². The maximum Gasteiger partial charge on any atom is 0.307 e. The van der Waals surface area contributed by atoms with Gasteiger partial charge in [0, 0.05) is 23.5 Å². The molecule has 4 saturated carbocycles. The number of ether oxygens (including phenoxy) is 1. The predicted octanol–water partition coefficient (Wildman–Crippen LogP) is 1.60. The zero-order chi connectivity index (χ0) is 21.7. The lowest BCUT2D eigenvalue weighted by molar-refractivity contribution is -0.158. The smallest absolute Gasteiger partial charge is 0.307 e. The first-order valence-electron chi connectivity index (χ1n) is 10.5. The molecule has 0 aromatic rings. The molecule has 4 aliphatic carbocycles. The first-order valence-corrected chi connectivity index (χ1v) is 10.9. The predicted molar refractivity (Wildman–Crippen MR) is 103 cm³/mol. The Bertz CT molecular complexity index is 680. The van der Waals surface area contributed by atoms with Crippen LogP contribution in [0.1, 0.15) is 51.9 Å². The van der Waals surface area contributed by atoms with Crippen molar-refractivity contribution in [2.75, 3.05) is 6.61 Å². The van der Waals surface area contributed by atoms with Crippen LogP contribution >= 0.6 is 11.6 Å². The molecule has 5 unspecified atom stereocenters. The number of hydrogen-bond acceptors (Lipinski definition) is 5. The van der Waals surface area contributed by atoms with Crippen molar-refractivity contribution in [1.29, 1.82) is 0 Å². The van der Waals surface area contributed by atoms with Crippen LogP contribution in [0.25, 0.3) is 0 Å². The Morgan fingerprint density at radius 3 is 2.50 bits per heavy atom. The standard InChI is InChI=1S/C19H28ClF3N4O3/c1-10-4-14(27(26-10)17(22)23)16(29)25-19-7-18(8-19,9-19)24-15(28)6-30-11-2-3-12(20)13(21)5-11/h10-14,17,26H,2-9H2,1H3,(H,24,28)(H,25,29). The van der Waals surface area contributed by atoms with E-state index in [2.05, 4.69) is 16.1 Å². The van der Waals surface area contributed by atoms with E-state index in [-0.39, 0.29) is 36.6 Å². The number of halogens is 4. The third kappa shape index (κ3) is 4.28. The van der Waals surface area contributed by atoms with Gasteiger partial charge in [-0.1, -0.05) is 0 Å². The molecule has 0 aromatic heterocycles. The third-order valence-electron chi connectivity index (χ3n) is 6.71. The number of rotatable bonds is 7. The molecule has 0 aromatic carbocycles. The highest BCUT2D eigenvalue weighted by molar-refractivity contribution is 6.21. The number of nitrogens with one attached hydrogen (secondary N) is 3. The molecule has 1 saturated heterocycles. The minimum Gasteiger partial charge on any atom is -0.368 e. The number of amides is 2. The number of alkyl halides is 4. The van der Waals surface area contributed by atoms with Crippen LogP contribution in [-0.4, -0.2) is 70.8 Å². The Morgan fingerprint density at radius 2 is 1.87 bits per heavy atom. The Balaban J connectivity index is 1.18. The van der Waals surface area contributed by atoms with Crippen molar-refractivity contribution in [1.82, 2.24) is 21.1 Å². The molecule has 5 aliphatic rings. The molecule has 30 heavy (non-hydrogen) atoms. The average molecular weight is 453 g/mol. The summed E-state index contributed by atoms with van der Waals surface area (Å²) in [5.41, 5.74) is 1.83. The molecule has 1 heterocycles. The van der Waals surface area contributed by atoms with E-state index >= 15 is 0 Å². The van der Waals surface area contributed by atoms with Gasteiger partial charge in [0.25, 0.3) is 0 Å². The minimum absolute atomic E-state index is 0.138. The molecule has 11 heteroatoms. The van der Waals surface area contributed by atoms with Gasteiger partial charge in [-0.25, -0.2) is 9.82 Å². The first-order chi connectivity index (χ1) is 14.1. The summed E-state index contributed by atoms with van der Waals surface area (Å²) in [5, 5.41) is 6.07. The number of carbonyl (C=O) groups excluding carboxylic acids is 2. The van der Waals surface area contributed by atoms with E-state index in [0.29, 0.717) is 43.5 Å². The van der Waals surface area contributed by atoms with Gasteiger partial charge in [0.15, 0.2) is 0 Å². The summed E-state index contributed by atoms with van der Waals surface area (Å²) in [6, 6.07) is -1.10. The van der Waals surface area contributed by atoms with Gasteiger partial charge in [-0.15, -0.1) is 11.6 Å². The minimum atomic E-state index is -2.75. The lowest BCUT2D eigenvalue weighted by Gasteiger charge is -2.70. The molecule has 2 bridgehead atoms. The second-order valence-corrected chi connectivity index (χ2v) is 9.93. The fourth-order valence-electron chi connectivity index (χ4n) is 5.39. The van der Waals surface area contributed by atoms with Crippen molar-refractivity contribution in [2.24, 2.45) is 0 Å². The van der Waals surface area contributed by atoms with E-state index in [1.165, 1.54) is 0 Å². The summed E-state index contributed by atoms with van der Waals surface area (Å²) in [5.74, 6) is -0.679. The van der Waals surface area contributed by atoms with Crippen molar-refractivity contribution in [3.05, 3.63) is 0 Å². The normalized spacial score (nSPS) is 43.1. The van der Waals surface area contributed by atoms with Gasteiger partial charge in [0.1, 0.15) is 18.8 Å². The summed E-state index contributed by atoms with van der Waals surface area (Å²) >= 11 is 5.85. The van der Waals surface area contributed by atoms with E-state index in [0.717, 1.165) is 0 Å². The maximum atomic E-state index is 13.6. The van der Waals surface area contributed by atoms with Crippen LogP contribution in [0.4, 0.5) is 13.2 Å². The largest absolute Gasteiger partial charge is 0.368 e. The van der Waals surface area contributed by atoms with Gasteiger partial charge in [-0.3, -0.25) is 9.59 Å². The monoisotopic (exact) mass is 452 g/mol. The van der Waals surface area contributed by atoms with Crippen molar-refractivity contribution in [2.45, 2.75) is 99.2 Å². The molecule has 7 nitrogen and oxygen atoms in total. The fourth-order valence-corrected chi connectivity index (χ4v) is 5.62. The molecular weight excluding hydrogens is 425 g/mol. The van der Waals surface area contributed by atoms with Crippen molar-refractivity contribution in [3.8, 4) is 0 Å². The Hall–Kier alpha value is -1.10. The van der Waals surface area contributed by atoms with Gasteiger partial charge in [0.05, 0.1) is 11.5 Å². The third-order valence-corrected chi connectivity index (χ3v) is 7.20. The van der Waals surface area contributed by atoms with Crippen molar-refractivity contribution in [3.63, 3.8) is 0 Å². The Morgan fingerprint density at radius 1 is 1.20 bits per heavy atom. The highest BCUT2D eigenvalue weighted by Crippen LogP contribution is 2.60. The second-order valence-electron chi connectivity index (χ2n) is 9.37. The molecule has 0 radical (unpaired) electrons. The second kappa shape index (κ2) is 8.11. The highest BCUT2D eigenvalue weighted by atomic mass is 35.5. The van der Waals surface area contributed by atoms with Crippen LogP contribution in [0.5, 0.6) is 0 Å². The Kier molecular flexibility index (Phi) is 5.97. The van der Waals surface area contributed by atoms with E-state index in [4.69, 9.17) is 16.3 Å². The highest BCUT2D eigenvalue weighted by Gasteiger charge is 2.69. The molecule has 170 valence electrons. The van der Waals surface area contributed by atoms with Crippen LogP contribution in [0.2, 0.25) is 0 Å². The summed E-state index contributed by atoms with van der Waals surface area (Å²) in [6.45, 7) is -1.14. The summed E-state index contributed by atoms with van der Waals surface area (Å²) in [7, 11) is 0. The molecule has 0 spiro atoms. The molecule has 5 fully saturated rings. The van der Waals surface area contributed by atoms with Gasteiger partial charge in [0.2, 0.25) is 11.8 Å². The average Bonchev–Trinajstić information content (AvgIpc) is 3.02. The number of hydrogen-bond donors (Lipinski definition) is 3. The summed E-state index contributed by atoms with van der Waals surface area (Å²) in [6.07, 6.45) is 1.98. The van der Waals surface area contributed by atoms with Crippen LogP contribution in [0, 0.1) is 0 Å². The van der Waals surface area contributed by atoms with Crippen LogP contribution in [-0.2, 0) is 14.3 Å². The molecular formula is C19H28ClF3N4O3. The maximum absolute atomic E-state index is 13.6. The van der Waals surface area contributed by atoms with E-state index in [1.54, 1.807) is 6.92 Å². The first kappa shape index (κ1) is 22.1. The van der Waals surface area contributed by atoms with Crippen molar-refractivity contribution < 1.29 is 27.5 Å². The quantitative estimate of drug-likeness (QED) is 0.404. The van der Waals surface area contributed by atoms with Gasteiger partial charge in [-0.05, 0) is 45.4 Å². The van der Waals surface area contributed by atoms with E-state index in [9.17, 15) is 22.8 Å². The van der Waals surface area contributed by atoms with Crippen LogP contribution < -0.4 is 16.1 Å². The molecule has 5 rings (SSSR count). The lowest BCUT2D eigenvalue weighted by atomic mass is 9.44. The van der Waals surface area contributed by atoms with Gasteiger partial charge < -0.3 is 15.4 Å². The zero-order valence-corrected chi connectivity index (χ0v) is 17.6. The summed E-state index contributed by atoms with van der Waals surface area (Å²) in [4.78, 5) is 24.7. The zero-order valence-electron chi connectivity index (χ0n) is 16.8. The van der Waals surface area contributed by atoms with Crippen LogP contribution in [0.3, 0.4) is 0 Å². The topological polar surface area (TPSA) is 82.7 Å². The number of carbonyl (C=O) groups is 2. The lowest BCUT2D eigenvalue weighted by Crippen LogP contribution is -2.84. The van der Waals surface area contributed by atoms with E-state index < -0.39 is 35.6 Å². The fraction of sp³-hybridized carbons (Fsp3) is 0.895. The number of hydrazine groups is 1. The number of nitrogens with zero attached hydrogens (tertiary/aromatic N) is 1.